The number of hydrogen-bond donors (Lipinski definition) is 1. The third-order valence-corrected chi connectivity index (χ3v) is 2.26. The quantitative estimate of drug-likeness (QED) is 0.859. The molecular formula is C12H17N3O. The molecule has 1 N–H and O–H groups in total. The van der Waals surface area contributed by atoms with Gasteiger partial charge in [0.2, 0.25) is 5.88 Å². The van der Waals surface area contributed by atoms with E-state index in [9.17, 15) is 0 Å². The van der Waals surface area contributed by atoms with Crippen LogP contribution >= 0.6 is 0 Å². The second-order valence-corrected chi connectivity index (χ2v) is 4.24. The van der Waals surface area contributed by atoms with Gasteiger partial charge < -0.3 is 9.72 Å². The van der Waals surface area contributed by atoms with Crippen molar-refractivity contribution in [3.63, 3.8) is 0 Å². The van der Waals surface area contributed by atoms with E-state index in [4.69, 9.17) is 4.74 Å². The van der Waals surface area contributed by atoms with E-state index in [1.54, 1.807) is 0 Å². The first-order valence-corrected chi connectivity index (χ1v) is 5.67. The number of ether oxygens (including phenoxy) is 1. The molecule has 2 aromatic heterocycles. The van der Waals surface area contributed by atoms with Gasteiger partial charge in [-0.3, -0.25) is 0 Å². The number of aromatic nitrogens is 3. The summed E-state index contributed by atoms with van der Waals surface area (Å²) in [6.45, 7) is 6.92. The lowest BCUT2D eigenvalue weighted by Crippen LogP contribution is -1.95. The third-order valence-electron chi connectivity index (χ3n) is 2.26. The van der Waals surface area contributed by atoms with Crippen LogP contribution in [0.25, 0.3) is 11.2 Å². The number of nitrogens with one attached hydrogen (secondary N) is 1. The zero-order chi connectivity index (χ0) is 11.5. The van der Waals surface area contributed by atoms with Gasteiger partial charge in [0, 0.05) is 12.5 Å². The first-order valence-electron chi connectivity index (χ1n) is 5.67. The van der Waals surface area contributed by atoms with Gasteiger partial charge in [-0.15, -0.1) is 0 Å². The van der Waals surface area contributed by atoms with Crippen LogP contribution in [0.2, 0.25) is 0 Å². The molecule has 16 heavy (non-hydrogen) atoms. The zero-order valence-electron chi connectivity index (χ0n) is 9.95. The second kappa shape index (κ2) is 4.51. The standard InChI is InChI=1S/C12H17N3O/c1-4-16-11-6-5-9-12(15-11)14-10(13-9)7-8(2)3/h5-6,8H,4,7H2,1-3H3,(H,13,14,15). The Bertz CT molecular complexity index is 476. The minimum absolute atomic E-state index is 0.590. The number of rotatable bonds is 4. The van der Waals surface area contributed by atoms with Crippen molar-refractivity contribution < 1.29 is 4.74 Å². The van der Waals surface area contributed by atoms with Crippen LogP contribution in [0.15, 0.2) is 12.1 Å². The smallest absolute Gasteiger partial charge is 0.215 e. The molecule has 0 saturated heterocycles. The van der Waals surface area contributed by atoms with Crippen LogP contribution in [-0.4, -0.2) is 21.6 Å². The Kier molecular flexibility index (Phi) is 3.08. The van der Waals surface area contributed by atoms with Gasteiger partial charge in [-0.2, -0.15) is 4.98 Å². The number of nitrogens with zero attached hydrogens (tertiary/aromatic N) is 2. The Morgan fingerprint density at radius 3 is 2.81 bits per heavy atom. The van der Waals surface area contributed by atoms with Crippen molar-refractivity contribution in [3.05, 3.63) is 18.0 Å². The lowest BCUT2D eigenvalue weighted by molar-refractivity contribution is 0.328. The van der Waals surface area contributed by atoms with Crippen LogP contribution in [0.5, 0.6) is 5.88 Å². The fourth-order valence-electron chi connectivity index (χ4n) is 1.64. The SMILES string of the molecule is CCOc1ccc2[nH]c(CC(C)C)nc2n1. The van der Waals surface area contributed by atoms with E-state index in [-0.39, 0.29) is 0 Å². The summed E-state index contributed by atoms with van der Waals surface area (Å²) in [4.78, 5) is 12.0. The van der Waals surface area contributed by atoms with Crippen LogP contribution < -0.4 is 4.74 Å². The Morgan fingerprint density at radius 1 is 1.31 bits per heavy atom. The van der Waals surface area contributed by atoms with Crippen molar-refractivity contribution in [3.8, 4) is 5.88 Å². The second-order valence-electron chi connectivity index (χ2n) is 4.24. The molecule has 4 heteroatoms. The molecule has 0 radical (unpaired) electrons. The van der Waals surface area contributed by atoms with E-state index < -0.39 is 0 Å². The highest BCUT2D eigenvalue weighted by atomic mass is 16.5. The molecule has 4 nitrogen and oxygen atoms in total. The van der Waals surface area contributed by atoms with Crippen molar-refractivity contribution in [2.24, 2.45) is 5.92 Å². The normalized spacial score (nSPS) is 11.2. The number of pyridine rings is 1. The largest absolute Gasteiger partial charge is 0.478 e. The summed E-state index contributed by atoms with van der Waals surface area (Å²) >= 11 is 0. The minimum atomic E-state index is 0.590. The summed E-state index contributed by atoms with van der Waals surface area (Å²) in [5.41, 5.74) is 1.71. The van der Waals surface area contributed by atoms with Gasteiger partial charge in [0.15, 0.2) is 5.65 Å². The van der Waals surface area contributed by atoms with Crippen LogP contribution in [0.4, 0.5) is 0 Å². The maximum absolute atomic E-state index is 5.34. The monoisotopic (exact) mass is 219 g/mol. The number of aromatic amines is 1. The van der Waals surface area contributed by atoms with Crippen molar-refractivity contribution in [1.29, 1.82) is 0 Å². The van der Waals surface area contributed by atoms with E-state index in [2.05, 4.69) is 28.8 Å². The van der Waals surface area contributed by atoms with Gasteiger partial charge in [0.25, 0.3) is 0 Å². The molecular weight excluding hydrogens is 202 g/mol. The highest BCUT2D eigenvalue weighted by Crippen LogP contribution is 2.15. The number of imidazole rings is 1. The van der Waals surface area contributed by atoms with Crippen LogP contribution in [0.3, 0.4) is 0 Å². The first-order chi connectivity index (χ1) is 7.69. The molecule has 0 aliphatic heterocycles. The molecule has 86 valence electrons. The molecule has 2 rings (SSSR count). The molecule has 2 aromatic rings. The summed E-state index contributed by atoms with van der Waals surface area (Å²) in [6.07, 6.45) is 0.945. The lowest BCUT2D eigenvalue weighted by atomic mass is 10.1. The van der Waals surface area contributed by atoms with E-state index in [0.717, 1.165) is 23.4 Å². The van der Waals surface area contributed by atoms with Crippen LogP contribution in [-0.2, 0) is 6.42 Å². The van der Waals surface area contributed by atoms with Gasteiger partial charge >= 0.3 is 0 Å². The van der Waals surface area contributed by atoms with Gasteiger partial charge in [-0.1, -0.05) is 13.8 Å². The Balaban J connectivity index is 2.30. The first kappa shape index (κ1) is 10.9. The average Bonchev–Trinajstić information content (AvgIpc) is 2.58. The summed E-state index contributed by atoms with van der Waals surface area (Å²) in [6, 6.07) is 3.83. The topological polar surface area (TPSA) is 50.8 Å². The van der Waals surface area contributed by atoms with Crippen molar-refractivity contribution in [1.82, 2.24) is 15.0 Å². The molecule has 2 heterocycles. The molecule has 0 bridgehead atoms. The molecule has 0 spiro atoms. The lowest BCUT2D eigenvalue weighted by Gasteiger charge is -1.99. The molecule has 0 atom stereocenters. The number of hydrogen-bond acceptors (Lipinski definition) is 3. The fourth-order valence-corrected chi connectivity index (χ4v) is 1.64. The number of H-pyrrole nitrogens is 1. The summed E-state index contributed by atoms with van der Waals surface area (Å²) in [7, 11) is 0. The predicted octanol–water partition coefficient (Wildman–Crippen LogP) is 2.56. The Hall–Kier alpha value is -1.58. The zero-order valence-corrected chi connectivity index (χ0v) is 9.95. The van der Waals surface area contributed by atoms with Crippen molar-refractivity contribution >= 4 is 11.2 Å². The number of fused-ring (bicyclic) bond motifs is 1. The minimum Gasteiger partial charge on any atom is -0.478 e. The summed E-state index contributed by atoms with van der Waals surface area (Å²) in [5, 5.41) is 0. The predicted molar refractivity (Wildman–Crippen MR) is 63.6 cm³/mol. The van der Waals surface area contributed by atoms with Crippen LogP contribution in [0.1, 0.15) is 26.6 Å². The molecule has 0 amide bonds. The van der Waals surface area contributed by atoms with Crippen LogP contribution in [0, 0.1) is 5.92 Å². The molecule has 0 aromatic carbocycles. The van der Waals surface area contributed by atoms with Gasteiger partial charge in [0.1, 0.15) is 5.82 Å². The van der Waals surface area contributed by atoms with Crippen molar-refractivity contribution in [2.45, 2.75) is 27.2 Å². The maximum Gasteiger partial charge on any atom is 0.215 e. The maximum atomic E-state index is 5.34. The summed E-state index contributed by atoms with van der Waals surface area (Å²) in [5.74, 6) is 2.22. The molecule has 0 aliphatic carbocycles. The van der Waals surface area contributed by atoms with Gasteiger partial charge in [0.05, 0.1) is 12.1 Å². The van der Waals surface area contributed by atoms with E-state index in [1.165, 1.54) is 0 Å². The average molecular weight is 219 g/mol. The highest BCUT2D eigenvalue weighted by molar-refractivity contribution is 5.71. The van der Waals surface area contributed by atoms with E-state index in [0.29, 0.717) is 18.4 Å². The highest BCUT2D eigenvalue weighted by Gasteiger charge is 2.06. The van der Waals surface area contributed by atoms with Gasteiger partial charge in [-0.25, -0.2) is 4.98 Å². The summed E-state index contributed by atoms with van der Waals surface area (Å²) < 4.78 is 5.34. The third kappa shape index (κ3) is 2.32. The van der Waals surface area contributed by atoms with Crippen molar-refractivity contribution in [2.75, 3.05) is 6.61 Å². The van der Waals surface area contributed by atoms with E-state index in [1.807, 2.05) is 19.1 Å². The molecule has 0 saturated carbocycles. The molecule has 0 unspecified atom stereocenters. The van der Waals surface area contributed by atoms with E-state index >= 15 is 0 Å². The fraction of sp³-hybridized carbons (Fsp3) is 0.500. The Labute approximate surface area is 95.1 Å². The van der Waals surface area contributed by atoms with Gasteiger partial charge in [-0.05, 0) is 18.9 Å². The molecule has 0 aliphatic rings. The molecule has 0 fully saturated rings. The Morgan fingerprint density at radius 2 is 2.12 bits per heavy atom.